The number of carboxylic acid groups (broad SMARTS) is 1. The Balaban J connectivity index is 2.27. The van der Waals surface area contributed by atoms with Crippen LogP contribution in [0.1, 0.15) is 6.42 Å². The van der Waals surface area contributed by atoms with Gasteiger partial charge < -0.3 is 10.0 Å². The molecule has 0 heterocycles. The number of carbonyl (C=O) groups excluding carboxylic acids is 1. The van der Waals surface area contributed by atoms with Gasteiger partial charge in [-0.1, -0.05) is 12.2 Å². The fraction of sp³-hybridized carbons (Fsp3) is 0.636. The third kappa shape index (κ3) is 1.44. The molecule has 0 saturated heterocycles. The summed E-state index contributed by atoms with van der Waals surface area (Å²) in [5.74, 6) is -1.58. The number of hydrogen-bond donors (Lipinski definition) is 1. The Morgan fingerprint density at radius 1 is 1.20 bits per heavy atom. The molecule has 0 aromatic heterocycles. The largest absolute Gasteiger partial charge is 0.481 e. The SMILES string of the molecule is CN(C)C(=O)[C@@H]1[C@@H](C(=O)O)[C@H]2C=C[C@H]1C2. The zero-order chi connectivity index (χ0) is 11.2. The molecule has 15 heavy (non-hydrogen) atoms. The molecule has 0 aromatic rings. The average Bonchev–Trinajstić information content (AvgIpc) is 2.74. The number of rotatable bonds is 2. The van der Waals surface area contributed by atoms with Gasteiger partial charge in [0.25, 0.3) is 0 Å². The summed E-state index contributed by atoms with van der Waals surface area (Å²) in [5, 5.41) is 9.13. The van der Waals surface area contributed by atoms with E-state index in [1.54, 1.807) is 14.1 Å². The summed E-state index contributed by atoms with van der Waals surface area (Å²) < 4.78 is 0. The maximum absolute atomic E-state index is 11.9. The zero-order valence-electron chi connectivity index (χ0n) is 8.88. The van der Waals surface area contributed by atoms with Crippen LogP contribution in [0.3, 0.4) is 0 Å². The lowest BCUT2D eigenvalue weighted by Gasteiger charge is -2.26. The molecule has 1 saturated carbocycles. The van der Waals surface area contributed by atoms with Gasteiger partial charge in [-0.2, -0.15) is 0 Å². The second-order valence-corrected chi connectivity index (χ2v) is 4.57. The molecular weight excluding hydrogens is 194 g/mol. The monoisotopic (exact) mass is 209 g/mol. The summed E-state index contributed by atoms with van der Waals surface area (Å²) in [6.45, 7) is 0. The Bertz CT molecular complexity index is 335. The van der Waals surface area contributed by atoms with Gasteiger partial charge >= 0.3 is 5.97 Å². The van der Waals surface area contributed by atoms with Crippen LogP contribution >= 0.6 is 0 Å². The van der Waals surface area contributed by atoms with Crippen molar-refractivity contribution < 1.29 is 14.7 Å². The van der Waals surface area contributed by atoms with E-state index in [1.807, 2.05) is 12.2 Å². The number of fused-ring (bicyclic) bond motifs is 2. The van der Waals surface area contributed by atoms with E-state index in [-0.39, 0.29) is 23.7 Å². The maximum Gasteiger partial charge on any atom is 0.307 e. The highest BCUT2D eigenvalue weighted by Gasteiger charge is 2.51. The fourth-order valence-corrected chi connectivity index (χ4v) is 2.79. The van der Waals surface area contributed by atoms with Crippen molar-refractivity contribution in [1.82, 2.24) is 4.90 Å². The molecule has 2 aliphatic rings. The van der Waals surface area contributed by atoms with Crippen molar-refractivity contribution in [2.45, 2.75) is 6.42 Å². The lowest BCUT2D eigenvalue weighted by Crippen LogP contribution is -2.39. The van der Waals surface area contributed by atoms with E-state index in [4.69, 9.17) is 5.11 Å². The Labute approximate surface area is 88.6 Å². The molecule has 4 nitrogen and oxygen atoms in total. The summed E-state index contributed by atoms with van der Waals surface area (Å²) in [7, 11) is 3.36. The van der Waals surface area contributed by atoms with Crippen molar-refractivity contribution in [2.24, 2.45) is 23.7 Å². The van der Waals surface area contributed by atoms with E-state index >= 15 is 0 Å². The van der Waals surface area contributed by atoms with Crippen LogP contribution in [0.15, 0.2) is 12.2 Å². The molecule has 0 spiro atoms. The van der Waals surface area contributed by atoms with E-state index < -0.39 is 11.9 Å². The maximum atomic E-state index is 11.9. The number of nitrogens with zero attached hydrogens (tertiary/aromatic N) is 1. The van der Waals surface area contributed by atoms with Crippen molar-refractivity contribution >= 4 is 11.9 Å². The standard InChI is InChI=1S/C11H15NO3/c1-12(2)10(13)8-6-3-4-7(5-6)9(8)11(14)15/h3-4,6-9H,5H2,1-2H3,(H,14,15)/t6-,7-,8-,9-/m0/s1. The van der Waals surface area contributed by atoms with E-state index in [0.717, 1.165) is 6.42 Å². The Kier molecular flexibility index (Phi) is 2.29. The summed E-state index contributed by atoms with van der Waals surface area (Å²) in [6, 6.07) is 0. The molecule has 82 valence electrons. The highest BCUT2D eigenvalue weighted by molar-refractivity contribution is 5.86. The molecular formula is C11H15NO3. The third-order valence-electron chi connectivity index (χ3n) is 3.47. The molecule has 1 amide bonds. The minimum Gasteiger partial charge on any atom is -0.481 e. The summed E-state index contributed by atoms with van der Waals surface area (Å²) in [4.78, 5) is 24.5. The van der Waals surface area contributed by atoms with E-state index in [0.29, 0.717) is 0 Å². The van der Waals surface area contributed by atoms with Gasteiger partial charge in [0.2, 0.25) is 5.91 Å². The van der Waals surface area contributed by atoms with E-state index in [9.17, 15) is 9.59 Å². The normalized spacial score (nSPS) is 36.9. The number of carboxylic acids is 1. The van der Waals surface area contributed by atoms with Crippen LogP contribution in [0, 0.1) is 23.7 Å². The van der Waals surface area contributed by atoms with Gasteiger partial charge in [0.1, 0.15) is 0 Å². The molecule has 4 atom stereocenters. The topological polar surface area (TPSA) is 57.6 Å². The number of amides is 1. The number of aliphatic carboxylic acids is 1. The van der Waals surface area contributed by atoms with Crippen LogP contribution in [0.25, 0.3) is 0 Å². The number of hydrogen-bond acceptors (Lipinski definition) is 2. The van der Waals surface area contributed by atoms with Crippen LogP contribution in [0.5, 0.6) is 0 Å². The first-order chi connectivity index (χ1) is 7.02. The molecule has 1 fully saturated rings. The predicted molar refractivity (Wildman–Crippen MR) is 54.0 cm³/mol. The Hall–Kier alpha value is -1.32. The van der Waals surface area contributed by atoms with Crippen LogP contribution < -0.4 is 0 Å². The molecule has 1 N–H and O–H groups in total. The van der Waals surface area contributed by atoms with Crippen molar-refractivity contribution in [3.63, 3.8) is 0 Å². The summed E-state index contributed by atoms with van der Waals surface area (Å²) >= 11 is 0. The third-order valence-corrected chi connectivity index (χ3v) is 3.47. The van der Waals surface area contributed by atoms with Crippen molar-refractivity contribution in [3.8, 4) is 0 Å². The lowest BCUT2D eigenvalue weighted by molar-refractivity contribution is -0.150. The molecule has 0 aliphatic heterocycles. The molecule has 2 rings (SSSR count). The minimum atomic E-state index is -0.841. The molecule has 2 aliphatic carbocycles. The van der Waals surface area contributed by atoms with E-state index in [1.165, 1.54) is 4.90 Å². The quantitative estimate of drug-likeness (QED) is 0.677. The average molecular weight is 209 g/mol. The Morgan fingerprint density at radius 2 is 1.73 bits per heavy atom. The lowest BCUT2D eigenvalue weighted by atomic mass is 9.82. The smallest absolute Gasteiger partial charge is 0.307 e. The minimum absolute atomic E-state index is 0.0563. The first-order valence-corrected chi connectivity index (χ1v) is 5.14. The molecule has 0 unspecified atom stereocenters. The molecule has 0 aromatic carbocycles. The van der Waals surface area contributed by atoms with Gasteiger partial charge in [0.15, 0.2) is 0 Å². The molecule has 0 radical (unpaired) electrons. The predicted octanol–water partition coefficient (Wildman–Crippen LogP) is 0.597. The van der Waals surface area contributed by atoms with Crippen molar-refractivity contribution in [2.75, 3.05) is 14.1 Å². The van der Waals surface area contributed by atoms with Crippen LogP contribution in [0.4, 0.5) is 0 Å². The summed E-state index contributed by atoms with van der Waals surface area (Å²) in [6.07, 6.45) is 4.76. The fourth-order valence-electron chi connectivity index (χ4n) is 2.79. The van der Waals surface area contributed by atoms with Gasteiger partial charge in [-0.25, -0.2) is 0 Å². The van der Waals surface area contributed by atoms with Crippen molar-refractivity contribution in [3.05, 3.63) is 12.2 Å². The second kappa shape index (κ2) is 3.36. The Morgan fingerprint density at radius 3 is 2.20 bits per heavy atom. The molecule has 4 heteroatoms. The molecule has 2 bridgehead atoms. The van der Waals surface area contributed by atoms with E-state index in [2.05, 4.69) is 0 Å². The van der Waals surface area contributed by atoms with Crippen LogP contribution in [0.2, 0.25) is 0 Å². The highest BCUT2D eigenvalue weighted by atomic mass is 16.4. The first kappa shape index (κ1) is 10.2. The van der Waals surface area contributed by atoms with Gasteiger partial charge in [0.05, 0.1) is 11.8 Å². The van der Waals surface area contributed by atoms with Crippen LogP contribution in [-0.4, -0.2) is 36.0 Å². The van der Waals surface area contributed by atoms with Gasteiger partial charge in [-0.15, -0.1) is 0 Å². The first-order valence-electron chi connectivity index (χ1n) is 5.14. The number of carbonyl (C=O) groups is 2. The summed E-state index contributed by atoms with van der Waals surface area (Å²) in [5.41, 5.74) is 0. The van der Waals surface area contributed by atoms with Crippen molar-refractivity contribution in [1.29, 1.82) is 0 Å². The number of allylic oxidation sites excluding steroid dienone is 2. The van der Waals surface area contributed by atoms with Gasteiger partial charge in [-0.05, 0) is 18.3 Å². The zero-order valence-corrected chi connectivity index (χ0v) is 8.88. The highest BCUT2D eigenvalue weighted by Crippen LogP contribution is 2.48. The van der Waals surface area contributed by atoms with Gasteiger partial charge in [-0.3, -0.25) is 9.59 Å². The van der Waals surface area contributed by atoms with Gasteiger partial charge in [0, 0.05) is 14.1 Å². The second-order valence-electron chi connectivity index (χ2n) is 4.57. The van der Waals surface area contributed by atoms with Crippen LogP contribution in [-0.2, 0) is 9.59 Å².